The van der Waals surface area contributed by atoms with E-state index in [1.54, 1.807) is 48.3 Å². The monoisotopic (exact) mass is 564 g/mol. The topological polar surface area (TPSA) is 139 Å². The van der Waals surface area contributed by atoms with E-state index in [0.717, 1.165) is 11.1 Å². The van der Waals surface area contributed by atoms with Gasteiger partial charge in [-0.25, -0.2) is 15.0 Å². The van der Waals surface area contributed by atoms with Crippen molar-refractivity contribution < 1.29 is 19.5 Å². The fraction of sp³-hybridized carbons (Fsp3) is 0.231. The molecular weight excluding hydrogens is 540 g/mol. The van der Waals surface area contributed by atoms with Gasteiger partial charge < -0.3 is 20.3 Å². The molecule has 0 bridgehead atoms. The minimum absolute atomic E-state index is 0.149. The number of carbonyl (C=O) groups is 3. The number of carbonyl (C=O) groups excluding carboxylic acids is 3. The third-order valence-electron chi connectivity index (χ3n) is 5.74. The number of anilines is 1. The van der Waals surface area contributed by atoms with Crippen LogP contribution in [-0.2, 0) is 16.1 Å². The van der Waals surface area contributed by atoms with E-state index in [1.807, 2.05) is 18.2 Å². The Balaban J connectivity index is 1.56. The number of aryl methyl sites for hydroxylation is 1. The van der Waals surface area contributed by atoms with Crippen LogP contribution in [0.3, 0.4) is 0 Å². The molecule has 0 saturated carbocycles. The molecule has 190 valence electrons. The second-order valence-electron chi connectivity index (χ2n) is 8.60. The van der Waals surface area contributed by atoms with E-state index in [2.05, 4.69) is 41.5 Å². The molecule has 11 heteroatoms. The minimum atomic E-state index is -1.21. The Morgan fingerprint density at radius 3 is 2.49 bits per heavy atom. The van der Waals surface area contributed by atoms with Crippen LogP contribution in [0.1, 0.15) is 30.0 Å². The first-order chi connectivity index (χ1) is 17.6. The van der Waals surface area contributed by atoms with Gasteiger partial charge in [-0.05, 0) is 66.5 Å². The normalized spacial score (nSPS) is 12.7. The molecule has 3 heterocycles. The number of fused-ring (bicyclic) bond motifs is 1. The molecule has 4 rings (SSSR count). The SMILES string of the molecule is CC(=O)c1cn(CC(=O)NC(C(=O)Nc2cccc(Br)n2)C(C)O)c2ccc(-c3cnc(C)nc3)cc12. The number of Topliss-reactive ketones (excluding diaryl/α,β-unsaturated/α-hetero) is 1. The van der Waals surface area contributed by atoms with Gasteiger partial charge in [0.15, 0.2) is 5.78 Å². The fourth-order valence-corrected chi connectivity index (χ4v) is 4.23. The highest BCUT2D eigenvalue weighted by molar-refractivity contribution is 9.10. The first-order valence-corrected chi connectivity index (χ1v) is 12.3. The molecule has 0 aliphatic heterocycles. The van der Waals surface area contributed by atoms with E-state index < -0.39 is 24.0 Å². The van der Waals surface area contributed by atoms with Crippen LogP contribution in [0.4, 0.5) is 5.82 Å². The molecule has 0 fully saturated rings. The number of aliphatic hydroxyl groups excluding tert-OH is 1. The van der Waals surface area contributed by atoms with Gasteiger partial charge in [0.05, 0.1) is 6.10 Å². The van der Waals surface area contributed by atoms with Crippen molar-refractivity contribution in [2.75, 3.05) is 5.32 Å². The number of aromatic nitrogens is 4. The molecule has 0 aliphatic carbocycles. The summed E-state index contributed by atoms with van der Waals surface area (Å²) < 4.78 is 2.17. The zero-order valence-electron chi connectivity index (χ0n) is 20.4. The molecule has 0 spiro atoms. The van der Waals surface area contributed by atoms with Crippen molar-refractivity contribution in [3.8, 4) is 11.1 Å². The lowest BCUT2D eigenvalue weighted by Crippen LogP contribution is -2.51. The molecule has 0 aliphatic rings. The number of pyridine rings is 1. The summed E-state index contributed by atoms with van der Waals surface area (Å²) in [6, 6.07) is 9.34. The summed E-state index contributed by atoms with van der Waals surface area (Å²) >= 11 is 3.23. The number of nitrogens with one attached hydrogen (secondary N) is 2. The highest BCUT2D eigenvalue weighted by Gasteiger charge is 2.26. The van der Waals surface area contributed by atoms with Crippen LogP contribution < -0.4 is 10.6 Å². The molecule has 1 aromatic carbocycles. The average Bonchev–Trinajstić information content (AvgIpc) is 3.20. The maximum atomic E-state index is 12.9. The van der Waals surface area contributed by atoms with Crippen LogP contribution in [0.2, 0.25) is 0 Å². The van der Waals surface area contributed by atoms with Crippen molar-refractivity contribution in [3.63, 3.8) is 0 Å². The Bertz CT molecular complexity index is 1480. The molecule has 2 amide bonds. The first-order valence-electron chi connectivity index (χ1n) is 11.5. The van der Waals surface area contributed by atoms with Gasteiger partial charge in [0.2, 0.25) is 5.91 Å². The van der Waals surface area contributed by atoms with Gasteiger partial charge in [0, 0.05) is 40.6 Å². The summed E-state index contributed by atoms with van der Waals surface area (Å²) in [5.74, 6) is -0.337. The van der Waals surface area contributed by atoms with Crippen LogP contribution in [0.25, 0.3) is 22.0 Å². The van der Waals surface area contributed by atoms with Crippen LogP contribution in [-0.4, -0.2) is 54.4 Å². The van der Waals surface area contributed by atoms with Crippen LogP contribution in [0.5, 0.6) is 0 Å². The molecule has 3 aromatic heterocycles. The molecule has 0 radical (unpaired) electrons. The van der Waals surface area contributed by atoms with Crippen molar-refractivity contribution in [1.82, 2.24) is 24.8 Å². The molecule has 2 atom stereocenters. The van der Waals surface area contributed by atoms with Crippen molar-refractivity contribution in [3.05, 3.63) is 71.0 Å². The maximum absolute atomic E-state index is 12.9. The molecule has 2 unspecified atom stereocenters. The van der Waals surface area contributed by atoms with Crippen molar-refractivity contribution >= 4 is 50.2 Å². The van der Waals surface area contributed by atoms with Gasteiger partial charge in [0.1, 0.15) is 28.8 Å². The first kappa shape index (κ1) is 26.1. The van der Waals surface area contributed by atoms with Gasteiger partial charge in [0.25, 0.3) is 5.91 Å². The van der Waals surface area contributed by atoms with E-state index in [1.165, 1.54) is 13.8 Å². The Hall–Kier alpha value is -3.96. The lowest BCUT2D eigenvalue weighted by Gasteiger charge is -2.21. The Morgan fingerprint density at radius 2 is 1.84 bits per heavy atom. The molecule has 4 aromatic rings. The number of rotatable bonds is 8. The summed E-state index contributed by atoms with van der Waals surface area (Å²) in [5, 5.41) is 16.0. The molecule has 0 saturated heterocycles. The third-order valence-corrected chi connectivity index (χ3v) is 6.18. The minimum Gasteiger partial charge on any atom is -0.391 e. The van der Waals surface area contributed by atoms with E-state index in [4.69, 9.17) is 0 Å². The van der Waals surface area contributed by atoms with Crippen LogP contribution in [0, 0.1) is 6.92 Å². The van der Waals surface area contributed by atoms with Gasteiger partial charge in [-0.3, -0.25) is 14.4 Å². The zero-order chi connectivity index (χ0) is 26.7. The molecular formula is C26H25BrN6O4. The van der Waals surface area contributed by atoms with Crippen molar-refractivity contribution in [1.29, 1.82) is 0 Å². The second kappa shape index (κ2) is 11.0. The smallest absolute Gasteiger partial charge is 0.250 e. The highest BCUT2D eigenvalue weighted by Crippen LogP contribution is 2.28. The predicted molar refractivity (Wildman–Crippen MR) is 142 cm³/mol. The maximum Gasteiger partial charge on any atom is 0.250 e. The standard InChI is InChI=1S/C26H25BrN6O4/c1-14(34)20-12-33(21-8-7-17(9-19(20)21)18-10-28-16(3)29-11-18)13-24(36)32-25(15(2)35)26(37)31-23-6-4-5-22(27)30-23/h4-12,15,25,35H,13H2,1-3H3,(H,32,36)(H,30,31,37). The largest absolute Gasteiger partial charge is 0.391 e. The number of benzene rings is 1. The van der Waals surface area contributed by atoms with E-state index in [9.17, 15) is 19.5 Å². The number of halogens is 1. The number of amides is 2. The predicted octanol–water partition coefficient (Wildman–Crippen LogP) is 3.27. The lowest BCUT2D eigenvalue weighted by molar-refractivity contribution is -0.129. The lowest BCUT2D eigenvalue weighted by atomic mass is 10.0. The number of aliphatic hydroxyl groups is 1. The molecule has 3 N–H and O–H groups in total. The zero-order valence-corrected chi connectivity index (χ0v) is 22.0. The van der Waals surface area contributed by atoms with Gasteiger partial charge in [-0.15, -0.1) is 0 Å². The van der Waals surface area contributed by atoms with E-state index in [0.29, 0.717) is 26.9 Å². The summed E-state index contributed by atoms with van der Waals surface area (Å²) in [5.41, 5.74) is 2.78. The van der Waals surface area contributed by atoms with E-state index in [-0.39, 0.29) is 18.1 Å². The number of hydrogen-bond donors (Lipinski definition) is 3. The highest BCUT2D eigenvalue weighted by atomic mass is 79.9. The van der Waals surface area contributed by atoms with Crippen molar-refractivity contribution in [2.24, 2.45) is 0 Å². The fourth-order valence-electron chi connectivity index (χ4n) is 3.89. The molecule has 37 heavy (non-hydrogen) atoms. The third kappa shape index (κ3) is 6.07. The Kier molecular flexibility index (Phi) is 7.74. The van der Waals surface area contributed by atoms with Crippen molar-refractivity contribution in [2.45, 2.75) is 39.5 Å². The average molecular weight is 565 g/mol. The van der Waals surface area contributed by atoms with Crippen LogP contribution in [0.15, 0.2) is 59.6 Å². The quantitative estimate of drug-likeness (QED) is 0.220. The molecule has 10 nitrogen and oxygen atoms in total. The summed E-state index contributed by atoms with van der Waals surface area (Å²) in [6.07, 6.45) is 3.88. The number of nitrogens with zero attached hydrogens (tertiary/aromatic N) is 4. The number of hydrogen-bond acceptors (Lipinski definition) is 7. The van der Waals surface area contributed by atoms with E-state index >= 15 is 0 Å². The van der Waals surface area contributed by atoms with Gasteiger partial charge in [-0.2, -0.15) is 0 Å². The Labute approximate surface area is 221 Å². The summed E-state index contributed by atoms with van der Waals surface area (Å²) in [7, 11) is 0. The second-order valence-corrected chi connectivity index (χ2v) is 9.41. The van der Waals surface area contributed by atoms with Gasteiger partial charge in [-0.1, -0.05) is 12.1 Å². The summed E-state index contributed by atoms with van der Waals surface area (Å²) in [6.45, 7) is 4.51. The number of ketones is 1. The summed E-state index contributed by atoms with van der Waals surface area (Å²) in [4.78, 5) is 50.6. The van der Waals surface area contributed by atoms with Crippen LogP contribution >= 0.6 is 15.9 Å². The van der Waals surface area contributed by atoms with Gasteiger partial charge >= 0.3 is 0 Å². The Morgan fingerprint density at radius 1 is 1.11 bits per heavy atom.